The van der Waals surface area contributed by atoms with E-state index in [1.54, 1.807) is 20.3 Å². The topological polar surface area (TPSA) is 81.6 Å². The van der Waals surface area contributed by atoms with E-state index >= 15 is 0 Å². The molecule has 0 bridgehead atoms. The first-order valence-electron chi connectivity index (χ1n) is 12.3. The van der Waals surface area contributed by atoms with Crippen LogP contribution >= 0.6 is 0 Å². The first-order valence-corrected chi connectivity index (χ1v) is 12.3. The van der Waals surface area contributed by atoms with Crippen molar-refractivity contribution < 1.29 is 14.3 Å². The molecule has 2 N–H and O–H groups in total. The average Bonchev–Trinajstić information content (AvgIpc) is 2.88. The number of anilines is 2. The second-order valence-electron chi connectivity index (χ2n) is 9.16. The molecule has 37 heavy (non-hydrogen) atoms. The normalized spacial score (nSPS) is 10.8. The lowest BCUT2D eigenvalue weighted by Crippen LogP contribution is -2.30. The number of amides is 1. The van der Waals surface area contributed by atoms with E-state index < -0.39 is 0 Å². The number of aryl methyl sites for hydroxylation is 3. The van der Waals surface area contributed by atoms with Crippen molar-refractivity contribution in [1.29, 1.82) is 0 Å². The van der Waals surface area contributed by atoms with Crippen molar-refractivity contribution in [2.24, 2.45) is 0 Å². The van der Waals surface area contributed by atoms with Crippen molar-refractivity contribution in [3.05, 3.63) is 93.3 Å². The number of hydrogen-bond donors (Lipinski definition) is 2. The van der Waals surface area contributed by atoms with Crippen LogP contribution in [0.1, 0.15) is 29.2 Å². The molecule has 0 atom stereocenters. The van der Waals surface area contributed by atoms with E-state index in [0.29, 0.717) is 34.8 Å². The van der Waals surface area contributed by atoms with Gasteiger partial charge in [-0.25, -0.2) is 0 Å². The predicted molar refractivity (Wildman–Crippen MR) is 149 cm³/mol. The Morgan fingerprint density at radius 3 is 2.14 bits per heavy atom. The number of benzene rings is 3. The summed E-state index contributed by atoms with van der Waals surface area (Å²) in [6.45, 7) is 6.24. The van der Waals surface area contributed by atoms with Gasteiger partial charge in [-0.1, -0.05) is 25.1 Å². The van der Waals surface area contributed by atoms with E-state index in [2.05, 4.69) is 29.7 Å². The van der Waals surface area contributed by atoms with Crippen molar-refractivity contribution in [1.82, 2.24) is 4.57 Å². The number of pyridine rings is 1. The van der Waals surface area contributed by atoms with Gasteiger partial charge in [0.1, 0.15) is 6.54 Å². The second kappa shape index (κ2) is 11.2. The van der Waals surface area contributed by atoms with E-state index in [1.165, 1.54) is 10.1 Å². The Labute approximate surface area is 217 Å². The molecule has 192 valence electrons. The summed E-state index contributed by atoms with van der Waals surface area (Å²) in [5.41, 5.74) is 5.86. The molecule has 0 aliphatic carbocycles. The highest BCUT2D eigenvalue weighted by Crippen LogP contribution is 2.32. The first-order chi connectivity index (χ1) is 17.8. The van der Waals surface area contributed by atoms with Gasteiger partial charge in [0, 0.05) is 34.9 Å². The summed E-state index contributed by atoms with van der Waals surface area (Å²) in [7, 11) is 3.11. The van der Waals surface area contributed by atoms with Crippen LogP contribution in [-0.2, 0) is 24.3 Å². The molecule has 1 aromatic heterocycles. The lowest BCUT2D eigenvalue weighted by molar-refractivity contribution is -0.116. The Bertz CT molecular complexity index is 1470. The number of methoxy groups -OCH3 is 2. The maximum absolute atomic E-state index is 13.6. The van der Waals surface area contributed by atoms with Crippen molar-refractivity contribution in [3.63, 3.8) is 0 Å². The molecule has 0 radical (unpaired) electrons. The molecule has 4 aromatic rings. The summed E-state index contributed by atoms with van der Waals surface area (Å²) < 4.78 is 12.4. The van der Waals surface area contributed by atoms with Gasteiger partial charge >= 0.3 is 0 Å². The zero-order valence-electron chi connectivity index (χ0n) is 22.0. The minimum atomic E-state index is -0.288. The van der Waals surface area contributed by atoms with Crippen LogP contribution in [0.3, 0.4) is 0 Å². The minimum Gasteiger partial charge on any atom is -0.493 e. The molecule has 0 fully saturated rings. The molecule has 0 spiro atoms. The van der Waals surface area contributed by atoms with Gasteiger partial charge in [-0.3, -0.25) is 14.2 Å². The summed E-state index contributed by atoms with van der Waals surface area (Å²) in [6, 6.07) is 19.4. The van der Waals surface area contributed by atoms with Gasteiger partial charge in [-0.05, 0) is 73.4 Å². The Balaban J connectivity index is 1.71. The molecule has 4 rings (SSSR count). The molecule has 1 amide bonds. The Kier molecular flexibility index (Phi) is 7.82. The zero-order valence-corrected chi connectivity index (χ0v) is 22.0. The molecular weight excluding hydrogens is 466 g/mol. The first kappa shape index (κ1) is 25.8. The number of carbonyl (C=O) groups is 1. The molecule has 0 aliphatic heterocycles. The van der Waals surface area contributed by atoms with Gasteiger partial charge in [-0.2, -0.15) is 0 Å². The van der Waals surface area contributed by atoms with Crippen LogP contribution in [0.2, 0.25) is 0 Å². The van der Waals surface area contributed by atoms with Crippen LogP contribution < -0.4 is 25.7 Å². The Morgan fingerprint density at radius 2 is 1.51 bits per heavy atom. The molecule has 1 heterocycles. The van der Waals surface area contributed by atoms with Crippen LogP contribution in [0.4, 0.5) is 11.4 Å². The maximum atomic E-state index is 13.6. The van der Waals surface area contributed by atoms with Crippen molar-refractivity contribution in [2.45, 2.75) is 40.3 Å². The van der Waals surface area contributed by atoms with Crippen LogP contribution in [0.5, 0.6) is 11.5 Å². The van der Waals surface area contributed by atoms with E-state index in [-0.39, 0.29) is 18.0 Å². The third kappa shape index (κ3) is 5.94. The SMILES string of the molecule is CCc1ccc(NCc2cc3cc(OC)c(OC)cc3n(CC(=O)Nc3cc(C)cc(C)c3)c2=O)cc1. The molecule has 0 saturated carbocycles. The smallest absolute Gasteiger partial charge is 0.256 e. The summed E-state index contributed by atoms with van der Waals surface area (Å²) in [6.07, 6.45) is 0.963. The monoisotopic (exact) mass is 499 g/mol. The number of carbonyl (C=O) groups excluding carboxylic acids is 1. The lowest BCUT2D eigenvalue weighted by Gasteiger charge is -2.16. The molecule has 7 heteroatoms. The second-order valence-corrected chi connectivity index (χ2v) is 9.16. The van der Waals surface area contributed by atoms with Crippen LogP contribution in [0, 0.1) is 13.8 Å². The third-order valence-corrected chi connectivity index (χ3v) is 6.33. The fourth-order valence-corrected chi connectivity index (χ4v) is 4.50. The third-order valence-electron chi connectivity index (χ3n) is 6.33. The number of ether oxygens (including phenoxy) is 2. The summed E-state index contributed by atoms with van der Waals surface area (Å²) in [4.78, 5) is 26.7. The number of nitrogens with one attached hydrogen (secondary N) is 2. The van der Waals surface area contributed by atoms with E-state index in [9.17, 15) is 9.59 Å². The standard InChI is InChI=1S/C30H33N3O4/c1-6-21-7-9-24(10-8-21)31-17-23-14-22-15-27(36-4)28(37-5)16-26(22)33(30(23)35)18-29(34)32-25-12-19(2)11-20(3)13-25/h7-16,31H,6,17-18H2,1-5H3,(H,32,34). The Morgan fingerprint density at radius 1 is 0.865 bits per heavy atom. The fraction of sp³-hybridized carbons (Fsp3) is 0.267. The van der Waals surface area contributed by atoms with Crippen LogP contribution in [-0.4, -0.2) is 24.7 Å². The van der Waals surface area contributed by atoms with E-state index in [1.807, 2.05) is 56.3 Å². The quantitative estimate of drug-likeness (QED) is 0.320. The predicted octanol–water partition coefficient (Wildman–Crippen LogP) is 5.45. The largest absolute Gasteiger partial charge is 0.493 e. The van der Waals surface area contributed by atoms with Crippen molar-refractivity contribution >= 4 is 28.2 Å². The van der Waals surface area contributed by atoms with Gasteiger partial charge in [0.15, 0.2) is 11.5 Å². The van der Waals surface area contributed by atoms with E-state index in [0.717, 1.165) is 28.6 Å². The maximum Gasteiger partial charge on any atom is 0.256 e. The van der Waals surface area contributed by atoms with Crippen molar-refractivity contribution in [3.8, 4) is 11.5 Å². The number of rotatable bonds is 9. The summed E-state index contributed by atoms with van der Waals surface area (Å²) in [5.74, 6) is 0.747. The molecule has 0 saturated heterocycles. The molecule has 0 aliphatic rings. The van der Waals surface area contributed by atoms with Gasteiger partial charge in [0.05, 0.1) is 19.7 Å². The molecule has 0 unspecified atom stereocenters. The molecular formula is C30H33N3O4. The fourth-order valence-electron chi connectivity index (χ4n) is 4.50. The summed E-state index contributed by atoms with van der Waals surface area (Å²) in [5, 5.41) is 7.04. The highest BCUT2D eigenvalue weighted by atomic mass is 16.5. The van der Waals surface area contributed by atoms with Gasteiger partial charge in [0.25, 0.3) is 5.56 Å². The van der Waals surface area contributed by atoms with Gasteiger partial charge in [0.2, 0.25) is 5.91 Å². The zero-order chi connectivity index (χ0) is 26.5. The van der Waals surface area contributed by atoms with Crippen molar-refractivity contribution in [2.75, 3.05) is 24.9 Å². The highest BCUT2D eigenvalue weighted by molar-refractivity contribution is 5.92. The number of aromatic nitrogens is 1. The van der Waals surface area contributed by atoms with E-state index in [4.69, 9.17) is 9.47 Å². The van der Waals surface area contributed by atoms with Crippen LogP contribution in [0.25, 0.3) is 10.9 Å². The Hall–Kier alpha value is -4.26. The molecule has 7 nitrogen and oxygen atoms in total. The highest BCUT2D eigenvalue weighted by Gasteiger charge is 2.16. The van der Waals surface area contributed by atoms with Gasteiger partial charge < -0.3 is 20.1 Å². The summed E-state index contributed by atoms with van der Waals surface area (Å²) >= 11 is 0. The number of hydrogen-bond acceptors (Lipinski definition) is 5. The minimum absolute atomic E-state index is 0.142. The lowest BCUT2D eigenvalue weighted by atomic mass is 10.1. The number of nitrogens with zero attached hydrogens (tertiary/aromatic N) is 1. The van der Waals surface area contributed by atoms with Crippen LogP contribution in [0.15, 0.2) is 65.5 Å². The molecule has 3 aromatic carbocycles. The van der Waals surface area contributed by atoms with Gasteiger partial charge in [-0.15, -0.1) is 0 Å². The average molecular weight is 500 g/mol. The number of fused-ring (bicyclic) bond motifs is 1.